The fourth-order valence-electron chi connectivity index (χ4n) is 1.61. The summed E-state index contributed by atoms with van der Waals surface area (Å²) in [6.07, 6.45) is 4.75. The minimum atomic E-state index is -0.0179. The van der Waals surface area contributed by atoms with Crippen LogP contribution in [-0.4, -0.2) is 11.1 Å². The third-order valence-electron chi connectivity index (χ3n) is 3.22. The van der Waals surface area contributed by atoms with Crippen LogP contribution in [0.1, 0.15) is 52.6 Å². The van der Waals surface area contributed by atoms with Crippen molar-refractivity contribution in [3.05, 3.63) is 24.0 Å². The number of ether oxygens (including phenoxy) is 1. The standard InChI is InChI=1S/C14H24N2O/c1-6-14(4,5)13(15)11-7-12(9-16-8-11)17-10(2)3/h7-10,13H,6,15H2,1-5H3. The van der Waals surface area contributed by atoms with Gasteiger partial charge < -0.3 is 10.5 Å². The summed E-state index contributed by atoms with van der Waals surface area (Å²) in [7, 11) is 0. The highest BCUT2D eigenvalue weighted by molar-refractivity contribution is 5.27. The van der Waals surface area contributed by atoms with Crippen LogP contribution in [0.4, 0.5) is 0 Å². The topological polar surface area (TPSA) is 48.1 Å². The van der Waals surface area contributed by atoms with Gasteiger partial charge in [0.05, 0.1) is 12.3 Å². The van der Waals surface area contributed by atoms with E-state index in [1.807, 2.05) is 26.1 Å². The molecule has 0 saturated carbocycles. The van der Waals surface area contributed by atoms with Crippen LogP contribution in [0, 0.1) is 5.41 Å². The van der Waals surface area contributed by atoms with Crippen molar-refractivity contribution in [2.45, 2.75) is 53.2 Å². The molecule has 0 aliphatic rings. The second-order valence-electron chi connectivity index (χ2n) is 5.44. The van der Waals surface area contributed by atoms with Crippen molar-refractivity contribution in [2.75, 3.05) is 0 Å². The van der Waals surface area contributed by atoms with Gasteiger partial charge in [-0.15, -0.1) is 0 Å². The number of nitrogens with two attached hydrogens (primary N) is 1. The maximum Gasteiger partial charge on any atom is 0.138 e. The van der Waals surface area contributed by atoms with Crippen molar-refractivity contribution in [1.29, 1.82) is 0 Å². The van der Waals surface area contributed by atoms with Gasteiger partial charge in [0.1, 0.15) is 5.75 Å². The van der Waals surface area contributed by atoms with E-state index < -0.39 is 0 Å². The first-order valence-electron chi connectivity index (χ1n) is 6.24. The Hall–Kier alpha value is -1.09. The Morgan fingerprint density at radius 2 is 2.00 bits per heavy atom. The molecule has 0 saturated heterocycles. The molecule has 0 aliphatic heterocycles. The average Bonchev–Trinajstić information content (AvgIpc) is 2.27. The Balaban J connectivity index is 2.91. The maximum atomic E-state index is 6.29. The summed E-state index contributed by atoms with van der Waals surface area (Å²) in [5.41, 5.74) is 7.39. The molecule has 1 rings (SSSR count). The molecule has 0 amide bonds. The number of nitrogens with zero attached hydrogens (tertiary/aromatic N) is 1. The van der Waals surface area contributed by atoms with E-state index in [1.54, 1.807) is 6.20 Å². The maximum absolute atomic E-state index is 6.29. The molecule has 2 N–H and O–H groups in total. The largest absolute Gasteiger partial charge is 0.489 e. The summed E-state index contributed by atoms with van der Waals surface area (Å²) in [4.78, 5) is 4.20. The van der Waals surface area contributed by atoms with E-state index in [4.69, 9.17) is 10.5 Å². The van der Waals surface area contributed by atoms with Gasteiger partial charge in [-0.05, 0) is 37.3 Å². The van der Waals surface area contributed by atoms with E-state index in [-0.39, 0.29) is 17.6 Å². The average molecular weight is 236 g/mol. The SMILES string of the molecule is CCC(C)(C)C(N)c1cncc(OC(C)C)c1. The molecular weight excluding hydrogens is 212 g/mol. The van der Waals surface area contributed by atoms with Gasteiger partial charge >= 0.3 is 0 Å². The van der Waals surface area contributed by atoms with Gasteiger partial charge in [-0.2, -0.15) is 0 Å². The van der Waals surface area contributed by atoms with Crippen molar-refractivity contribution < 1.29 is 4.74 Å². The molecule has 1 aromatic rings. The number of pyridine rings is 1. The van der Waals surface area contributed by atoms with Crippen LogP contribution in [0.25, 0.3) is 0 Å². The van der Waals surface area contributed by atoms with Crippen LogP contribution in [0.3, 0.4) is 0 Å². The summed E-state index contributed by atoms with van der Waals surface area (Å²) < 4.78 is 5.63. The second kappa shape index (κ2) is 5.50. The first-order valence-corrected chi connectivity index (χ1v) is 6.24. The van der Waals surface area contributed by atoms with Crippen molar-refractivity contribution in [2.24, 2.45) is 11.1 Å². The van der Waals surface area contributed by atoms with Crippen LogP contribution in [0.15, 0.2) is 18.5 Å². The molecule has 17 heavy (non-hydrogen) atoms. The van der Waals surface area contributed by atoms with Crippen LogP contribution < -0.4 is 10.5 Å². The number of hydrogen-bond acceptors (Lipinski definition) is 3. The minimum Gasteiger partial charge on any atom is -0.489 e. The third kappa shape index (κ3) is 3.70. The normalized spacial score (nSPS) is 13.8. The number of rotatable bonds is 5. The molecule has 3 nitrogen and oxygen atoms in total. The van der Waals surface area contributed by atoms with Crippen LogP contribution in [-0.2, 0) is 0 Å². The van der Waals surface area contributed by atoms with E-state index in [0.717, 1.165) is 17.7 Å². The molecule has 0 radical (unpaired) electrons. The van der Waals surface area contributed by atoms with E-state index in [9.17, 15) is 0 Å². The molecule has 0 spiro atoms. The molecule has 1 aromatic heterocycles. The molecule has 96 valence electrons. The minimum absolute atomic E-state index is 0.0179. The Bertz CT molecular complexity index is 361. The zero-order valence-electron chi connectivity index (χ0n) is 11.5. The number of aromatic nitrogens is 1. The molecule has 1 atom stereocenters. The zero-order valence-corrected chi connectivity index (χ0v) is 11.5. The van der Waals surface area contributed by atoms with Gasteiger partial charge in [0.15, 0.2) is 0 Å². The lowest BCUT2D eigenvalue weighted by Gasteiger charge is -2.30. The van der Waals surface area contributed by atoms with Gasteiger partial charge in [-0.25, -0.2) is 0 Å². The van der Waals surface area contributed by atoms with Gasteiger partial charge in [0.2, 0.25) is 0 Å². The first-order chi connectivity index (χ1) is 7.86. The smallest absolute Gasteiger partial charge is 0.138 e. The lowest BCUT2D eigenvalue weighted by atomic mass is 9.79. The predicted molar refractivity (Wildman–Crippen MR) is 71.0 cm³/mol. The first kappa shape index (κ1) is 14.0. The molecule has 0 aliphatic carbocycles. The summed E-state index contributed by atoms with van der Waals surface area (Å²) in [6, 6.07) is 1.98. The highest BCUT2D eigenvalue weighted by Gasteiger charge is 2.26. The molecule has 0 bridgehead atoms. The van der Waals surface area contributed by atoms with Crippen molar-refractivity contribution >= 4 is 0 Å². The molecule has 0 fully saturated rings. The summed E-state index contributed by atoms with van der Waals surface area (Å²) >= 11 is 0. The van der Waals surface area contributed by atoms with E-state index in [1.165, 1.54) is 0 Å². The van der Waals surface area contributed by atoms with Crippen molar-refractivity contribution in [1.82, 2.24) is 4.98 Å². The number of hydrogen-bond donors (Lipinski definition) is 1. The Kier molecular flexibility index (Phi) is 4.52. The predicted octanol–water partition coefficient (Wildman–Crippen LogP) is 3.30. The molecule has 1 unspecified atom stereocenters. The Morgan fingerprint density at radius 3 is 2.53 bits per heavy atom. The van der Waals surface area contributed by atoms with Gasteiger partial charge in [-0.3, -0.25) is 4.98 Å². The van der Waals surface area contributed by atoms with Gasteiger partial charge in [0, 0.05) is 12.2 Å². The lowest BCUT2D eigenvalue weighted by molar-refractivity contribution is 0.239. The zero-order chi connectivity index (χ0) is 13.1. The summed E-state index contributed by atoms with van der Waals surface area (Å²) in [5, 5.41) is 0. The van der Waals surface area contributed by atoms with E-state index in [0.29, 0.717) is 0 Å². The van der Waals surface area contributed by atoms with E-state index in [2.05, 4.69) is 25.8 Å². The lowest BCUT2D eigenvalue weighted by Crippen LogP contribution is -2.28. The molecular formula is C14H24N2O. The van der Waals surface area contributed by atoms with Gasteiger partial charge in [-0.1, -0.05) is 20.8 Å². The Morgan fingerprint density at radius 1 is 1.35 bits per heavy atom. The molecule has 0 aromatic carbocycles. The second-order valence-corrected chi connectivity index (χ2v) is 5.44. The van der Waals surface area contributed by atoms with Crippen LogP contribution in [0.2, 0.25) is 0 Å². The highest BCUT2D eigenvalue weighted by atomic mass is 16.5. The highest BCUT2D eigenvalue weighted by Crippen LogP contribution is 2.34. The van der Waals surface area contributed by atoms with Crippen molar-refractivity contribution in [3.8, 4) is 5.75 Å². The van der Waals surface area contributed by atoms with Crippen LogP contribution in [0.5, 0.6) is 5.75 Å². The summed E-state index contributed by atoms with van der Waals surface area (Å²) in [5.74, 6) is 0.792. The molecule has 1 heterocycles. The van der Waals surface area contributed by atoms with Crippen LogP contribution >= 0.6 is 0 Å². The Labute approximate surface area is 104 Å². The van der Waals surface area contributed by atoms with Gasteiger partial charge in [0.25, 0.3) is 0 Å². The third-order valence-corrected chi connectivity index (χ3v) is 3.22. The molecule has 3 heteroatoms. The monoisotopic (exact) mass is 236 g/mol. The van der Waals surface area contributed by atoms with E-state index >= 15 is 0 Å². The fraction of sp³-hybridized carbons (Fsp3) is 0.643. The fourth-order valence-corrected chi connectivity index (χ4v) is 1.61. The van der Waals surface area contributed by atoms with Crippen molar-refractivity contribution in [3.63, 3.8) is 0 Å². The summed E-state index contributed by atoms with van der Waals surface area (Å²) in [6.45, 7) is 10.5. The quantitative estimate of drug-likeness (QED) is 0.853.